The molecular weight excluding hydrogens is 449 g/mol. The lowest BCUT2D eigenvalue weighted by molar-refractivity contribution is 0.389. The number of halogens is 2. The molecule has 0 aromatic carbocycles. The second-order valence-electron chi connectivity index (χ2n) is 6.24. The van der Waals surface area contributed by atoms with E-state index in [0.29, 0.717) is 5.15 Å². The highest BCUT2D eigenvalue weighted by Crippen LogP contribution is 2.05. The van der Waals surface area contributed by atoms with Crippen LogP contribution in [0.5, 0.6) is 0 Å². The van der Waals surface area contributed by atoms with Gasteiger partial charge in [0.1, 0.15) is 5.15 Å². The SMILES string of the molecule is CN=C(NCCCCCCCN(C)C)NCCc1ccc(Cl)nc1.I. The monoisotopic (exact) mass is 481 g/mol. The van der Waals surface area contributed by atoms with Crippen LogP contribution in [0.2, 0.25) is 5.15 Å². The highest BCUT2D eigenvalue weighted by Gasteiger charge is 1.99. The number of guanidine groups is 1. The van der Waals surface area contributed by atoms with Crippen molar-refractivity contribution in [1.82, 2.24) is 20.5 Å². The Bertz CT molecular complexity index is 465. The molecule has 1 rings (SSSR count). The Morgan fingerprint density at radius 2 is 1.76 bits per heavy atom. The van der Waals surface area contributed by atoms with Gasteiger partial charge in [0.2, 0.25) is 0 Å². The minimum absolute atomic E-state index is 0. The van der Waals surface area contributed by atoms with Crippen LogP contribution in [0.3, 0.4) is 0 Å². The van der Waals surface area contributed by atoms with Gasteiger partial charge in [-0.15, -0.1) is 24.0 Å². The van der Waals surface area contributed by atoms with Crippen molar-refractivity contribution in [2.24, 2.45) is 4.99 Å². The van der Waals surface area contributed by atoms with Gasteiger partial charge < -0.3 is 15.5 Å². The molecule has 0 bridgehead atoms. The van der Waals surface area contributed by atoms with Gasteiger partial charge in [-0.2, -0.15) is 0 Å². The zero-order valence-corrected chi connectivity index (χ0v) is 18.8. The number of rotatable bonds is 11. The molecule has 0 amide bonds. The molecule has 0 aliphatic heterocycles. The third kappa shape index (κ3) is 13.3. The Morgan fingerprint density at radius 1 is 1.08 bits per heavy atom. The van der Waals surface area contributed by atoms with Crippen molar-refractivity contribution in [1.29, 1.82) is 0 Å². The van der Waals surface area contributed by atoms with Crippen molar-refractivity contribution in [3.8, 4) is 0 Å². The maximum atomic E-state index is 5.79. The number of hydrogen-bond acceptors (Lipinski definition) is 3. The van der Waals surface area contributed by atoms with Crippen LogP contribution < -0.4 is 10.6 Å². The zero-order chi connectivity index (χ0) is 17.6. The topological polar surface area (TPSA) is 52.6 Å². The predicted octanol–water partition coefficient (Wildman–Crippen LogP) is 3.57. The Hall–Kier alpha value is -0.600. The van der Waals surface area contributed by atoms with Gasteiger partial charge in [0.25, 0.3) is 0 Å². The van der Waals surface area contributed by atoms with Gasteiger partial charge in [-0.1, -0.05) is 36.9 Å². The molecule has 0 saturated heterocycles. The first kappa shape index (κ1) is 24.4. The van der Waals surface area contributed by atoms with E-state index in [4.69, 9.17) is 11.6 Å². The first-order chi connectivity index (χ1) is 11.6. The minimum Gasteiger partial charge on any atom is -0.356 e. The van der Waals surface area contributed by atoms with E-state index in [0.717, 1.165) is 25.5 Å². The molecule has 0 aliphatic carbocycles. The summed E-state index contributed by atoms with van der Waals surface area (Å²) in [5, 5.41) is 7.23. The Labute approximate surface area is 175 Å². The second-order valence-corrected chi connectivity index (χ2v) is 6.62. The number of nitrogens with zero attached hydrogens (tertiary/aromatic N) is 3. The molecular formula is C18H33ClIN5. The van der Waals surface area contributed by atoms with Crippen molar-refractivity contribution in [2.75, 3.05) is 40.8 Å². The van der Waals surface area contributed by atoms with E-state index < -0.39 is 0 Å². The summed E-state index contributed by atoms with van der Waals surface area (Å²) in [6, 6.07) is 3.83. The highest BCUT2D eigenvalue weighted by atomic mass is 127. The van der Waals surface area contributed by atoms with Crippen LogP contribution >= 0.6 is 35.6 Å². The molecule has 0 atom stereocenters. The van der Waals surface area contributed by atoms with Crippen molar-refractivity contribution in [3.05, 3.63) is 29.0 Å². The third-order valence-electron chi connectivity index (χ3n) is 3.79. The Kier molecular flexibility index (Phi) is 15.3. The molecule has 0 saturated carbocycles. The maximum absolute atomic E-state index is 5.79. The van der Waals surface area contributed by atoms with Gasteiger partial charge in [0, 0.05) is 26.3 Å². The van der Waals surface area contributed by atoms with Crippen LogP contribution in [-0.4, -0.2) is 56.6 Å². The lowest BCUT2D eigenvalue weighted by Crippen LogP contribution is -2.38. The van der Waals surface area contributed by atoms with Crippen molar-refractivity contribution in [2.45, 2.75) is 38.5 Å². The summed E-state index contributed by atoms with van der Waals surface area (Å²) >= 11 is 5.79. The average Bonchev–Trinajstić information content (AvgIpc) is 2.57. The van der Waals surface area contributed by atoms with Crippen LogP contribution in [0.15, 0.2) is 23.3 Å². The largest absolute Gasteiger partial charge is 0.356 e. The van der Waals surface area contributed by atoms with Crippen molar-refractivity contribution < 1.29 is 0 Å². The second kappa shape index (κ2) is 15.6. The standard InChI is InChI=1S/C18H32ClN5.HI/c1-20-18(21-12-7-5-4-6-8-14-24(2)3)22-13-11-16-9-10-17(19)23-15-16;/h9-10,15H,4-8,11-14H2,1-3H3,(H2,20,21,22);1H. The fourth-order valence-electron chi connectivity index (χ4n) is 2.39. The predicted molar refractivity (Wildman–Crippen MR) is 119 cm³/mol. The molecule has 144 valence electrons. The van der Waals surface area contributed by atoms with Crippen molar-refractivity contribution >= 4 is 41.5 Å². The average molecular weight is 482 g/mol. The first-order valence-electron chi connectivity index (χ1n) is 8.81. The maximum Gasteiger partial charge on any atom is 0.190 e. The van der Waals surface area contributed by atoms with E-state index in [1.165, 1.54) is 44.2 Å². The summed E-state index contributed by atoms with van der Waals surface area (Å²) in [6.07, 6.45) is 9.10. The van der Waals surface area contributed by atoms with Crippen LogP contribution in [0.25, 0.3) is 0 Å². The zero-order valence-electron chi connectivity index (χ0n) is 15.7. The van der Waals surface area contributed by atoms with E-state index >= 15 is 0 Å². The molecule has 0 fully saturated rings. The molecule has 5 nitrogen and oxygen atoms in total. The van der Waals surface area contributed by atoms with E-state index in [9.17, 15) is 0 Å². The number of aliphatic imine (C=N–C) groups is 1. The quantitative estimate of drug-likeness (QED) is 0.167. The van der Waals surface area contributed by atoms with Crippen LogP contribution in [0.1, 0.15) is 37.7 Å². The summed E-state index contributed by atoms with van der Waals surface area (Å²) in [5.74, 6) is 0.865. The summed E-state index contributed by atoms with van der Waals surface area (Å²) < 4.78 is 0. The molecule has 25 heavy (non-hydrogen) atoms. The van der Waals surface area contributed by atoms with Crippen LogP contribution in [-0.2, 0) is 6.42 Å². The molecule has 0 spiro atoms. The van der Waals surface area contributed by atoms with Gasteiger partial charge >= 0.3 is 0 Å². The van der Waals surface area contributed by atoms with E-state index in [1.807, 2.05) is 18.3 Å². The number of pyridine rings is 1. The lowest BCUT2D eigenvalue weighted by Gasteiger charge is -2.12. The molecule has 1 aromatic rings. The highest BCUT2D eigenvalue weighted by molar-refractivity contribution is 14.0. The minimum atomic E-state index is 0. The summed E-state index contributed by atoms with van der Waals surface area (Å²) in [6.45, 7) is 2.99. The fourth-order valence-corrected chi connectivity index (χ4v) is 2.50. The van der Waals surface area contributed by atoms with Gasteiger partial charge in [-0.05, 0) is 51.5 Å². The van der Waals surface area contributed by atoms with E-state index in [2.05, 4.69) is 39.6 Å². The number of aromatic nitrogens is 1. The van der Waals surface area contributed by atoms with Gasteiger partial charge in [0.15, 0.2) is 5.96 Å². The van der Waals surface area contributed by atoms with Crippen molar-refractivity contribution in [3.63, 3.8) is 0 Å². The normalized spacial score (nSPS) is 11.3. The first-order valence-corrected chi connectivity index (χ1v) is 9.19. The van der Waals surface area contributed by atoms with Gasteiger partial charge in [-0.3, -0.25) is 4.99 Å². The van der Waals surface area contributed by atoms with E-state index in [-0.39, 0.29) is 24.0 Å². The molecule has 0 unspecified atom stereocenters. The fraction of sp³-hybridized carbons (Fsp3) is 0.667. The number of nitrogens with one attached hydrogen (secondary N) is 2. The molecule has 0 radical (unpaired) electrons. The molecule has 2 N–H and O–H groups in total. The molecule has 1 aromatic heterocycles. The molecule has 1 heterocycles. The van der Waals surface area contributed by atoms with Crippen LogP contribution in [0, 0.1) is 0 Å². The third-order valence-corrected chi connectivity index (χ3v) is 4.02. The van der Waals surface area contributed by atoms with E-state index in [1.54, 1.807) is 7.05 Å². The van der Waals surface area contributed by atoms with Crippen LogP contribution in [0.4, 0.5) is 0 Å². The number of hydrogen-bond donors (Lipinski definition) is 2. The number of unbranched alkanes of at least 4 members (excludes halogenated alkanes) is 4. The molecule has 0 aliphatic rings. The lowest BCUT2D eigenvalue weighted by atomic mass is 10.1. The van der Waals surface area contributed by atoms with Gasteiger partial charge in [-0.25, -0.2) is 4.98 Å². The Morgan fingerprint density at radius 3 is 2.40 bits per heavy atom. The molecule has 7 heteroatoms. The van der Waals surface area contributed by atoms with Gasteiger partial charge in [0.05, 0.1) is 0 Å². The smallest absolute Gasteiger partial charge is 0.190 e. The summed E-state index contributed by atoms with van der Waals surface area (Å²) in [4.78, 5) is 10.6. The summed E-state index contributed by atoms with van der Waals surface area (Å²) in [7, 11) is 6.07. The summed E-state index contributed by atoms with van der Waals surface area (Å²) in [5.41, 5.74) is 1.17. The Balaban J connectivity index is 0.00000576.